The van der Waals surface area contributed by atoms with Crippen LogP contribution in [0.25, 0.3) is 4.96 Å². The van der Waals surface area contributed by atoms with Crippen molar-refractivity contribution >= 4 is 28.2 Å². The van der Waals surface area contributed by atoms with Crippen molar-refractivity contribution in [2.75, 3.05) is 0 Å². The number of amides is 1. The number of aromatic nitrogens is 2. The van der Waals surface area contributed by atoms with Gasteiger partial charge in [-0.25, -0.2) is 9.78 Å². The fraction of sp³-hybridized carbons (Fsp3) is 0.235. The van der Waals surface area contributed by atoms with Crippen LogP contribution in [0.2, 0.25) is 0 Å². The average Bonchev–Trinajstić information content (AvgIpc) is 3.22. The van der Waals surface area contributed by atoms with Crippen molar-refractivity contribution in [2.24, 2.45) is 0 Å². The van der Waals surface area contributed by atoms with Crippen molar-refractivity contribution in [1.29, 1.82) is 0 Å². The number of fused-ring (bicyclic) bond motifs is 2. The fourth-order valence-electron chi connectivity index (χ4n) is 3.22. The zero-order valence-corrected chi connectivity index (χ0v) is 13.8. The first-order valence-electron chi connectivity index (χ1n) is 7.60. The number of carboxylic acid groups (broad SMARTS) is 1. The van der Waals surface area contributed by atoms with Gasteiger partial charge in [-0.2, -0.15) is 0 Å². The van der Waals surface area contributed by atoms with Crippen LogP contribution < -0.4 is 5.32 Å². The number of benzene rings is 1. The number of nitrogens with one attached hydrogen (secondary N) is 1. The van der Waals surface area contributed by atoms with E-state index in [0.29, 0.717) is 18.5 Å². The number of imidazole rings is 1. The molecule has 3 aromatic rings. The van der Waals surface area contributed by atoms with Crippen molar-refractivity contribution in [3.05, 3.63) is 57.9 Å². The number of carbonyl (C=O) groups excluding carboxylic acids is 1. The zero-order valence-electron chi connectivity index (χ0n) is 12.9. The number of aromatic carboxylic acids is 1. The summed E-state index contributed by atoms with van der Waals surface area (Å²) in [6.07, 6.45) is 2.96. The molecular weight excluding hydrogens is 326 g/mol. The summed E-state index contributed by atoms with van der Waals surface area (Å²) in [5, 5.41) is 14.1. The number of hydrogen-bond donors (Lipinski definition) is 2. The highest BCUT2D eigenvalue weighted by Crippen LogP contribution is 2.24. The molecule has 0 fully saturated rings. The van der Waals surface area contributed by atoms with E-state index in [0.717, 1.165) is 21.8 Å². The highest BCUT2D eigenvalue weighted by molar-refractivity contribution is 7.15. The number of nitrogens with zero attached hydrogens (tertiary/aromatic N) is 2. The average molecular weight is 341 g/mol. The lowest BCUT2D eigenvalue weighted by Crippen LogP contribution is -2.36. The first-order valence-corrected chi connectivity index (χ1v) is 8.48. The molecule has 2 aromatic heterocycles. The highest BCUT2D eigenvalue weighted by Gasteiger charge is 2.25. The maximum absolute atomic E-state index is 12.6. The normalized spacial score (nSPS) is 16.3. The molecule has 0 aliphatic heterocycles. The largest absolute Gasteiger partial charge is 0.478 e. The Hall–Kier alpha value is -2.67. The molecule has 1 aliphatic rings. The molecule has 24 heavy (non-hydrogen) atoms. The summed E-state index contributed by atoms with van der Waals surface area (Å²) in [5.41, 5.74) is 3.89. The van der Waals surface area contributed by atoms with E-state index in [1.54, 1.807) is 18.3 Å². The third-order valence-corrected chi connectivity index (χ3v) is 5.33. The molecule has 4 rings (SSSR count). The Morgan fingerprint density at radius 1 is 1.33 bits per heavy atom. The lowest BCUT2D eigenvalue weighted by molar-refractivity contribution is 0.0696. The van der Waals surface area contributed by atoms with Crippen LogP contribution in [0.4, 0.5) is 0 Å². The molecule has 122 valence electrons. The Morgan fingerprint density at radius 3 is 2.92 bits per heavy atom. The Labute approximate surface area is 141 Å². The van der Waals surface area contributed by atoms with Gasteiger partial charge in [0, 0.05) is 17.1 Å². The molecule has 0 saturated heterocycles. The van der Waals surface area contributed by atoms with Gasteiger partial charge in [-0.15, -0.1) is 11.3 Å². The zero-order chi connectivity index (χ0) is 16.8. The lowest BCUT2D eigenvalue weighted by Gasteiger charge is -2.11. The van der Waals surface area contributed by atoms with Gasteiger partial charge in [0.25, 0.3) is 5.91 Å². The van der Waals surface area contributed by atoms with E-state index in [2.05, 4.69) is 10.3 Å². The lowest BCUT2D eigenvalue weighted by atomic mass is 10.1. The third kappa shape index (κ3) is 2.37. The highest BCUT2D eigenvalue weighted by atomic mass is 32.1. The van der Waals surface area contributed by atoms with E-state index in [-0.39, 0.29) is 17.5 Å². The van der Waals surface area contributed by atoms with E-state index in [9.17, 15) is 9.59 Å². The summed E-state index contributed by atoms with van der Waals surface area (Å²) < 4.78 is 1.85. The number of thiazole rings is 1. The van der Waals surface area contributed by atoms with E-state index >= 15 is 0 Å². The summed E-state index contributed by atoms with van der Waals surface area (Å²) in [6.45, 7) is 1.95. The standard InChI is InChI=1S/C17H15N3O3S/c1-9-8-24-17-18-7-14(20(9)17)15(21)19-13-5-10-2-3-11(16(22)23)4-12(10)6-13/h2-4,7-8,13H,5-6H2,1H3,(H,19,21)(H,22,23). The summed E-state index contributed by atoms with van der Waals surface area (Å²) in [7, 11) is 0. The second kappa shape index (κ2) is 5.45. The van der Waals surface area contributed by atoms with Gasteiger partial charge in [-0.05, 0) is 43.0 Å². The first kappa shape index (κ1) is 14.9. The van der Waals surface area contributed by atoms with Crippen molar-refractivity contribution < 1.29 is 14.7 Å². The molecule has 1 unspecified atom stereocenters. The van der Waals surface area contributed by atoms with Crippen LogP contribution in [-0.2, 0) is 12.8 Å². The molecule has 0 bridgehead atoms. The summed E-state index contributed by atoms with van der Waals surface area (Å²) in [5.74, 6) is -1.08. The molecule has 7 heteroatoms. The molecule has 2 heterocycles. The molecule has 1 atom stereocenters. The van der Waals surface area contributed by atoms with Crippen molar-refractivity contribution in [2.45, 2.75) is 25.8 Å². The molecular formula is C17H15N3O3S. The minimum Gasteiger partial charge on any atom is -0.478 e. The van der Waals surface area contributed by atoms with Crippen molar-refractivity contribution in [3.63, 3.8) is 0 Å². The molecule has 1 amide bonds. The minimum atomic E-state index is -0.931. The molecule has 2 N–H and O–H groups in total. The van der Waals surface area contributed by atoms with Crippen LogP contribution in [0.3, 0.4) is 0 Å². The van der Waals surface area contributed by atoms with Crippen LogP contribution in [-0.4, -0.2) is 32.4 Å². The van der Waals surface area contributed by atoms with E-state index in [1.165, 1.54) is 11.3 Å². The fourth-order valence-corrected chi connectivity index (χ4v) is 4.07. The van der Waals surface area contributed by atoms with Gasteiger partial charge in [-0.1, -0.05) is 6.07 Å². The Kier molecular flexibility index (Phi) is 3.38. The number of carbonyl (C=O) groups is 2. The van der Waals surface area contributed by atoms with Crippen LogP contribution >= 0.6 is 11.3 Å². The second-order valence-electron chi connectivity index (χ2n) is 6.01. The molecule has 0 saturated carbocycles. The van der Waals surface area contributed by atoms with E-state index in [1.807, 2.05) is 22.8 Å². The Balaban J connectivity index is 1.53. The molecule has 0 radical (unpaired) electrons. The van der Waals surface area contributed by atoms with Gasteiger partial charge >= 0.3 is 5.97 Å². The van der Waals surface area contributed by atoms with E-state index in [4.69, 9.17) is 5.11 Å². The second-order valence-corrected chi connectivity index (χ2v) is 6.84. The number of aryl methyl sites for hydroxylation is 1. The third-order valence-electron chi connectivity index (χ3n) is 4.37. The monoisotopic (exact) mass is 341 g/mol. The molecule has 6 nitrogen and oxygen atoms in total. The first-order chi connectivity index (χ1) is 11.5. The smallest absolute Gasteiger partial charge is 0.335 e. The molecule has 1 aliphatic carbocycles. The molecule has 0 spiro atoms. The number of hydrogen-bond acceptors (Lipinski definition) is 4. The Bertz CT molecular complexity index is 973. The predicted octanol–water partition coefficient (Wildman–Crippen LogP) is 2.30. The van der Waals surface area contributed by atoms with Crippen LogP contribution in [0, 0.1) is 6.92 Å². The quantitative estimate of drug-likeness (QED) is 0.766. The summed E-state index contributed by atoms with van der Waals surface area (Å²) >= 11 is 1.51. The van der Waals surface area contributed by atoms with Gasteiger partial charge in [0.1, 0.15) is 5.69 Å². The topological polar surface area (TPSA) is 83.7 Å². The summed E-state index contributed by atoms with van der Waals surface area (Å²) in [6, 6.07) is 5.12. The van der Waals surface area contributed by atoms with Gasteiger partial charge in [0.05, 0.1) is 11.8 Å². The van der Waals surface area contributed by atoms with Crippen LogP contribution in [0.15, 0.2) is 29.8 Å². The maximum atomic E-state index is 12.6. The van der Waals surface area contributed by atoms with Crippen molar-refractivity contribution in [3.8, 4) is 0 Å². The van der Waals surface area contributed by atoms with Gasteiger partial charge < -0.3 is 10.4 Å². The van der Waals surface area contributed by atoms with E-state index < -0.39 is 5.97 Å². The SMILES string of the molecule is Cc1csc2ncc(C(=O)NC3Cc4ccc(C(=O)O)cc4C3)n12. The Morgan fingerprint density at radius 2 is 2.12 bits per heavy atom. The predicted molar refractivity (Wildman–Crippen MR) is 89.9 cm³/mol. The molecule has 1 aromatic carbocycles. The van der Waals surface area contributed by atoms with Crippen LogP contribution in [0.1, 0.15) is 37.7 Å². The minimum absolute atomic E-state index is 0.0268. The van der Waals surface area contributed by atoms with Gasteiger partial charge in [-0.3, -0.25) is 9.20 Å². The van der Waals surface area contributed by atoms with Gasteiger partial charge in [0.15, 0.2) is 4.96 Å². The van der Waals surface area contributed by atoms with Crippen molar-refractivity contribution in [1.82, 2.24) is 14.7 Å². The summed E-state index contributed by atoms with van der Waals surface area (Å²) in [4.78, 5) is 28.7. The maximum Gasteiger partial charge on any atom is 0.335 e. The number of rotatable bonds is 3. The number of carboxylic acids is 1. The van der Waals surface area contributed by atoms with Crippen LogP contribution in [0.5, 0.6) is 0 Å². The van der Waals surface area contributed by atoms with Gasteiger partial charge in [0.2, 0.25) is 0 Å².